The minimum Gasteiger partial charge on any atom is -0.495 e. The van der Waals surface area contributed by atoms with Crippen LogP contribution in [-0.2, 0) is 0 Å². The van der Waals surface area contributed by atoms with E-state index >= 15 is 0 Å². The van der Waals surface area contributed by atoms with Crippen molar-refractivity contribution in [2.75, 3.05) is 7.11 Å². The Bertz CT molecular complexity index is 315. The lowest BCUT2D eigenvalue weighted by Crippen LogP contribution is -1.92. The van der Waals surface area contributed by atoms with Crippen LogP contribution in [0.5, 0.6) is 5.75 Å². The van der Waals surface area contributed by atoms with Gasteiger partial charge in [0, 0.05) is 10.9 Å². The molecule has 72 valence electrons. The molecule has 0 N–H and O–H groups in total. The fourth-order valence-corrected chi connectivity index (χ4v) is 1.87. The van der Waals surface area contributed by atoms with Gasteiger partial charge < -0.3 is 4.74 Å². The third kappa shape index (κ3) is 2.35. The van der Waals surface area contributed by atoms with E-state index in [-0.39, 0.29) is 10.6 Å². The topological polar surface area (TPSA) is 9.23 Å². The summed E-state index contributed by atoms with van der Waals surface area (Å²) in [5, 5.41) is 0.452. The van der Waals surface area contributed by atoms with Gasteiger partial charge in [0.05, 0.1) is 12.1 Å². The van der Waals surface area contributed by atoms with Crippen molar-refractivity contribution in [3.05, 3.63) is 28.5 Å². The Balaban J connectivity index is 3.27. The molecule has 0 aromatic heterocycles. The molecule has 1 nitrogen and oxygen atoms in total. The fraction of sp³-hybridized carbons (Fsp3) is 0.333. The first-order chi connectivity index (χ1) is 6.06. The molecule has 1 atom stereocenters. The average molecular weight is 268 g/mol. The van der Waals surface area contributed by atoms with E-state index < -0.39 is 0 Å². The Labute approximate surface area is 90.0 Å². The highest BCUT2D eigenvalue weighted by Crippen LogP contribution is 2.36. The molecule has 4 heteroatoms. The molecule has 0 bridgehead atoms. The molecule has 1 rings (SSSR count). The Kier molecular flexibility index (Phi) is 3.56. The zero-order valence-electron chi connectivity index (χ0n) is 7.27. The molecule has 1 aromatic rings. The number of methoxy groups -OCH3 is 1. The van der Waals surface area contributed by atoms with Crippen molar-refractivity contribution < 1.29 is 9.13 Å². The van der Waals surface area contributed by atoms with Gasteiger partial charge in [-0.3, -0.25) is 0 Å². The summed E-state index contributed by atoms with van der Waals surface area (Å²) in [6.07, 6.45) is 0. The molecular formula is C9H9BrClFO. The third-order valence-corrected chi connectivity index (χ3v) is 2.58. The van der Waals surface area contributed by atoms with Crippen LogP contribution in [0.4, 0.5) is 4.39 Å². The zero-order chi connectivity index (χ0) is 10.0. The highest BCUT2D eigenvalue weighted by Gasteiger charge is 2.12. The number of rotatable bonds is 2. The summed E-state index contributed by atoms with van der Waals surface area (Å²) in [7, 11) is 1.46. The maximum atomic E-state index is 13.0. The van der Waals surface area contributed by atoms with Crippen LogP contribution in [0.1, 0.15) is 17.3 Å². The molecule has 0 fully saturated rings. The Morgan fingerprint density at radius 1 is 1.54 bits per heavy atom. The fourth-order valence-electron chi connectivity index (χ4n) is 1.02. The normalized spacial score (nSPS) is 12.7. The van der Waals surface area contributed by atoms with E-state index in [0.29, 0.717) is 16.3 Å². The van der Waals surface area contributed by atoms with Crippen molar-refractivity contribution in [3.63, 3.8) is 0 Å². The van der Waals surface area contributed by atoms with Gasteiger partial charge in [-0.05, 0) is 18.6 Å². The van der Waals surface area contributed by atoms with Gasteiger partial charge in [0.1, 0.15) is 11.6 Å². The summed E-state index contributed by atoms with van der Waals surface area (Å²) in [5.74, 6) is 0.0190. The van der Waals surface area contributed by atoms with Crippen LogP contribution >= 0.6 is 27.5 Å². The van der Waals surface area contributed by atoms with Gasteiger partial charge in [-0.15, -0.1) is 0 Å². The highest BCUT2D eigenvalue weighted by atomic mass is 79.9. The predicted molar refractivity (Wildman–Crippen MR) is 55.3 cm³/mol. The summed E-state index contributed by atoms with van der Waals surface area (Å²) in [4.78, 5) is 0.00426. The summed E-state index contributed by atoms with van der Waals surface area (Å²) in [6.45, 7) is 1.88. The second-order valence-corrected chi connectivity index (χ2v) is 4.38. The largest absolute Gasteiger partial charge is 0.495 e. The number of hydrogen-bond donors (Lipinski definition) is 0. The average Bonchev–Trinajstić information content (AvgIpc) is 2.08. The van der Waals surface area contributed by atoms with E-state index in [1.807, 2.05) is 6.92 Å². The van der Waals surface area contributed by atoms with Gasteiger partial charge in [0.25, 0.3) is 0 Å². The molecule has 1 unspecified atom stereocenters. The monoisotopic (exact) mass is 266 g/mol. The first-order valence-electron chi connectivity index (χ1n) is 3.73. The molecule has 0 radical (unpaired) electrons. The van der Waals surface area contributed by atoms with Crippen molar-refractivity contribution in [1.29, 1.82) is 0 Å². The van der Waals surface area contributed by atoms with E-state index in [1.165, 1.54) is 19.2 Å². The lowest BCUT2D eigenvalue weighted by atomic mass is 10.1. The van der Waals surface area contributed by atoms with Crippen molar-refractivity contribution in [1.82, 2.24) is 0 Å². The van der Waals surface area contributed by atoms with Crippen molar-refractivity contribution in [2.45, 2.75) is 11.8 Å². The summed E-state index contributed by atoms with van der Waals surface area (Å²) < 4.78 is 17.9. The van der Waals surface area contributed by atoms with Gasteiger partial charge in [0.2, 0.25) is 0 Å². The van der Waals surface area contributed by atoms with Crippen LogP contribution in [0.15, 0.2) is 12.1 Å². The second-order valence-electron chi connectivity index (χ2n) is 2.63. The van der Waals surface area contributed by atoms with Crippen LogP contribution in [0, 0.1) is 5.82 Å². The lowest BCUT2D eigenvalue weighted by Gasteiger charge is -2.10. The standard InChI is InChI=1S/C9H9BrClFO/c1-5(10)7-3-6(12)4-8(13-2)9(7)11/h3-5H,1-2H3. The van der Waals surface area contributed by atoms with Crippen molar-refractivity contribution in [2.24, 2.45) is 0 Å². The van der Waals surface area contributed by atoms with Gasteiger partial charge in [0.15, 0.2) is 0 Å². The van der Waals surface area contributed by atoms with Crippen LogP contribution < -0.4 is 4.74 Å². The van der Waals surface area contributed by atoms with Crippen LogP contribution in [-0.4, -0.2) is 7.11 Å². The predicted octanol–water partition coefficient (Wildman–Crippen LogP) is 3.94. The molecule has 0 aliphatic carbocycles. The first kappa shape index (κ1) is 10.8. The molecule has 0 aliphatic rings. The van der Waals surface area contributed by atoms with Crippen molar-refractivity contribution in [3.8, 4) is 5.75 Å². The summed E-state index contributed by atoms with van der Waals surface area (Å²) >= 11 is 9.28. The molecule has 0 amide bonds. The van der Waals surface area contributed by atoms with Gasteiger partial charge in [-0.2, -0.15) is 0 Å². The SMILES string of the molecule is COc1cc(F)cc(C(C)Br)c1Cl. The van der Waals surface area contributed by atoms with E-state index in [4.69, 9.17) is 16.3 Å². The third-order valence-electron chi connectivity index (χ3n) is 1.68. The molecular weight excluding hydrogens is 258 g/mol. The van der Waals surface area contributed by atoms with Crippen LogP contribution in [0.3, 0.4) is 0 Å². The smallest absolute Gasteiger partial charge is 0.140 e. The molecule has 0 saturated carbocycles. The molecule has 0 spiro atoms. The van der Waals surface area contributed by atoms with Gasteiger partial charge in [-0.25, -0.2) is 4.39 Å². The molecule has 0 heterocycles. The maximum Gasteiger partial charge on any atom is 0.140 e. The van der Waals surface area contributed by atoms with E-state index in [9.17, 15) is 4.39 Å². The van der Waals surface area contributed by atoms with Gasteiger partial charge >= 0.3 is 0 Å². The highest BCUT2D eigenvalue weighted by molar-refractivity contribution is 9.09. The lowest BCUT2D eigenvalue weighted by molar-refractivity contribution is 0.411. The van der Waals surface area contributed by atoms with Crippen LogP contribution in [0.25, 0.3) is 0 Å². The van der Waals surface area contributed by atoms with Crippen LogP contribution in [0.2, 0.25) is 5.02 Å². The number of ether oxygens (including phenoxy) is 1. The van der Waals surface area contributed by atoms with Crippen molar-refractivity contribution >= 4 is 27.5 Å². The molecule has 0 saturated heterocycles. The van der Waals surface area contributed by atoms with Gasteiger partial charge in [-0.1, -0.05) is 27.5 Å². The van der Waals surface area contributed by atoms with E-state index in [1.54, 1.807) is 0 Å². The number of alkyl halides is 1. The minimum absolute atomic E-state index is 0.00426. The first-order valence-corrected chi connectivity index (χ1v) is 5.02. The zero-order valence-corrected chi connectivity index (χ0v) is 9.62. The molecule has 13 heavy (non-hydrogen) atoms. The Hall–Kier alpha value is -0.280. The Morgan fingerprint density at radius 3 is 2.62 bits per heavy atom. The molecule has 0 aliphatic heterocycles. The minimum atomic E-state index is -0.345. The number of hydrogen-bond acceptors (Lipinski definition) is 1. The summed E-state index contributed by atoms with van der Waals surface area (Å²) in [6, 6.07) is 2.66. The quantitative estimate of drug-likeness (QED) is 0.737. The molecule has 1 aromatic carbocycles. The number of halogens is 3. The van der Waals surface area contributed by atoms with E-state index in [0.717, 1.165) is 0 Å². The maximum absolute atomic E-state index is 13.0. The Morgan fingerprint density at radius 2 is 2.15 bits per heavy atom. The number of benzene rings is 1. The van der Waals surface area contributed by atoms with E-state index in [2.05, 4.69) is 15.9 Å². The summed E-state index contributed by atoms with van der Waals surface area (Å²) in [5.41, 5.74) is 0.693. The second kappa shape index (κ2) is 4.29.